The fourth-order valence-electron chi connectivity index (χ4n) is 1.88. The van der Waals surface area contributed by atoms with Crippen molar-refractivity contribution < 1.29 is 8.42 Å². The maximum absolute atomic E-state index is 12.3. The average Bonchev–Trinajstić information content (AvgIpc) is 2.86. The van der Waals surface area contributed by atoms with Crippen LogP contribution in [0.2, 0.25) is 0 Å². The highest BCUT2D eigenvalue weighted by molar-refractivity contribution is 7.94. The Morgan fingerprint density at radius 2 is 2.10 bits per heavy atom. The Kier molecular flexibility index (Phi) is 3.07. The summed E-state index contributed by atoms with van der Waals surface area (Å²) in [6.07, 6.45) is 3.32. The molecule has 5 nitrogen and oxygen atoms in total. The molecule has 0 spiro atoms. The van der Waals surface area contributed by atoms with Gasteiger partial charge in [0.2, 0.25) is 0 Å². The van der Waals surface area contributed by atoms with Crippen LogP contribution in [-0.4, -0.2) is 13.4 Å². The molecule has 20 heavy (non-hydrogen) atoms. The van der Waals surface area contributed by atoms with Crippen LogP contribution in [-0.2, 0) is 10.0 Å². The number of nitrogens with two attached hydrogens (primary N) is 1. The van der Waals surface area contributed by atoms with E-state index in [1.165, 1.54) is 6.07 Å². The van der Waals surface area contributed by atoms with Crippen LogP contribution in [0.25, 0.3) is 10.8 Å². The van der Waals surface area contributed by atoms with Crippen molar-refractivity contribution in [1.29, 1.82) is 0 Å². The predicted molar refractivity (Wildman–Crippen MR) is 81.3 cm³/mol. The Bertz CT molecular complexity index is 867. The second kappa shape index (κ2) is 4.77. The Balaban J connectivity index is 2.05. The van der Waals surface area contributed by atoms with E-state index in [2.05, 4.69) is 9.71 Å². The fraction of sp³-hybridized carbons (Fsp3) is 0. The molecule has 0 radical (unpaired) electrons. The molecule has 0 atom stereocenters. The molecule has 0 fully saturated rings. The zero-order chi connectivity index (χ0) is 14.2. The predicted octanol–water partition coefficient (Wildman–Crippen LogP) is 2.68. The van der Waals surface area contributed by atoms with Crippen molar-refractivity contribution in [3.63, 3.8) is 0 Å². The quantitative estimate of drug-likeness (QED) is 0.779. The monoisotopic (exact) mass is 305 g/mol. The number of fused-ring (bicyclic) bond motifs is 1. The van der Waals surface area contributed by atoms with Gasteiger partial charge in [-0.15, -0.1) is 11.3 Å². The Hall–Kier alpha value is -2.12. The van der Waals surface area contributed by atoms with Crippen molar-refractivity contribution >= 4 is 43.5 Å². The lowest BCUT2D eigenvalue weighted by atomic mass is 10.1. The van der Waals surface area contributed by atoms with Gasteiger partial charge in [-0.05, 0) is 18.2 Å². The van der Waals surface area contributed by atoms with Gasteiger partial charge in [0.05, 0.1) is 5.69 Å². The topological polar surface area (TPSA) is 85.1 Å². The van der Waals surface area contributed by atoms with Gasteiger partial charge in [0.1, 0.15) is 4.21 Å². The van der Waals surface area contributed by atoms with Crippen LogP contribution < -0.4 is 10.5 Å². The summed E-state index contributed by atoms with van der Waals surface area (Å²) in [6, 6.07) is 8.60. The first-order valence-corrected chi connectivity index (χ1v) is 8.12. The normalized spacial score (nSPS) is 11.6. The van der Waals surface area contributed by atoms with E-state index in [-0.39, 0.29) is 4.21 Å². The van der Waals surface area contributed by atoms with Gasteiger partial charge in [-0.25, -0.2) is 8.42 Å². The van der Waals surface area contributed by atoms with Crippen LogP contribution in [0.5, 0.6) is 0 Å². The standard InChI is InChI=1S/C13H11N3O2S2/c14-10-6-13(19-8-10)20(17,18)16-12-3-1-2-9-7-15-5-4-11(9)12/h1-8,16H,14H2. The fourth-order valence-corrected chi connectivity index (χ4v) is 4.04. The number of hydrogen-bond donors (Lipinski definition) is 2. The van der Waals surface area contributed by atoms with Crippen molar-refractivity contribution in [2.45, 2.75) is 4.21 Å². The average molecular weight is 305 g/mol. The van der Waals surface area contributed by atoms with Gasteiger partial charge in [-0.3, -0.25) is 9.71 Å². The van der Waals surface area contributed by atoms with Gasteiger partial charge in [0, 0.05) is 34.2 Å². The van der Waals surface area contributed by atoms with Gasteiger partial charge in [-0.1, -0.05) is 12.1 Å². The highest BCUT2D eigenvalue weighted by atomic mass is 32.2. The molecule has 0 saturated carbocycles. The second-order valence-corrected chi connectivity index (χ2v) is 7.03. The number of rotatable bonds is 3. The van der Waals surface area contributed by atoms with Crippen LogP contribution in [0.3, 0.4) is 0 Å². The third-order valence-electron chi connectivity index (χ3n) is 2.79. The summed E-state index contributed by atoms with van der Waals surface area (Å²) in [5.74, 6) is 0. The number of benzene rings is 1. The number of nitrogens with zero attached hydrogens (tertiary/aromatic N) is 1. The molecule has 3 aromatic rings. The van der Waals surface area contributed by atoms with Crippen LogP contribution >= 0.6 is 11.3 Å². The molecule has 0 aliphatic carbocycles. The minimum Gasteiger partial charge on any atom is -0.398 e. The summed E-state index contributed by atoms with van der Waals surface area (Å²) in [5, 5.41) is 3.27. The lowest BCUT2D eigenvalue weighted by molar-refractivity contribution is 0.603. The van der Waals surface area contributed by atoms with E-state index in [0.717, 1.165) is 22.1 Å². The smallest absolute Gasteiger partial charge is 0.271 e. The number of thiophene rings is 1. The summed E-state index contributed by atoms with van der Waals surface area (Å²) >= 11 is 1.09. The second-order valence-electron chi connectivity index (χ2n) is 4.21. The third-order valence-corrected chi connectivity index (χ3v) is 5.61. The molecular weight excluding hydrogens is 294 g/mol. The molecule has 0 amide bonds. The highest BCUT2D eigenvalue weighted by Gasteiger charge is 2.17. The number of nitrogens with one attached hydrogen (secondary N) is 1. The molecule has 0 aliphatic rings. The van der Waals surface area contributed by atoms with E-state index >= 15 is 0 Å². The first-order chi connectivity index (χ1) is 9.56. The Morgan fingerprint density at radius 1 is 1.25 bits per heavy atom. The number of pyridine rings is 1. The number of hydrogen-bond acceptors (Lipinski definition) is 5. The molecule has 2 aromatic heterocycles. The number of anilines is 2. The third kappa shape index (κ3) is 2.33. The van der Waals surface area contributed by atoms with Gasteiger partial charge < -0.3 is 5.73 Å². The minimum atomic E-state index is -3.62. The van der Waals surface area contributed by atoms with Gasteiger partial charge >= 0.3 is 0 Å². The van der Waals surface area contributed by atoms with E-state index in [4.69, 9.17) is 5.73 Å². The van der Waals surface area contributed by atoms with Crippen LogP contribution in [0, 0.1) is 0 Å². The summed E-state index contributed by atoms with van der Waals surface area (Å²) in [7, 11) is -3.62. The van der Waals surface area contributed by atoms with E-state index in [0.29, 0.717) is 11.4 Å². The van der Waals surface area contributed by atoms with Crippen molar-refractivity contribution in [3.8, 4) is 0 Å². The summed E-state index contributed by atoms with van der Waals surface area (Å²) in [6.45, 7) is 0. The van der Waals surface area contributed by atoms with E-state index in [1.807, 2.05) is 6.07 Å². The first-order valence-electron chi connectivity index (χ1n) is 5.76. The molecule has 3 N–H and O–H groups in total. The molecule has 2 heterocycles. The maximum atomic E-state index is 12.3. The van der Waals surface area contributed by atoms with Crippen LogP contribution in [0.15, 0.2) is 52.3 Å². The zero-order valence-corrected chi connectivity index (χ0v) is 11.9. The van der Waals surface area contributed by atoms with Gasteiger partial charge in [-0.2, -0.15) is 0 Å². The minimum absolute atomic E-state index is 0.195. The van der Waals surface area contributed by atoms with E-state index in [1.54, 1.807) is 36.0 Å². The Labute approximate surface area is 120 Å². The number of aromatic nitrogens is 1. The molecule has 0 saturated heterocycles. The lowest BCUT2D eigenvalue weighted by Crippen LogP contribution is -2.11. The van der Waals surface area contributed by atoms with Crippen LogP contribution in [0.4, 0.5) is 11.4 Å². The van der Waals surface area contributed by atoms with E-state index in [9.17, 15) is 8.42 Å². The Morgan fingerprint density at radius 3 is 2.85 bits per heavy atom. The molecule has 3 rings (SSSR count). The first kappa shape index (κ1) is 12.9. The SMILES string of the molecule is Nc1csc(S(=O)(=O)Nc2cccc3cnccc23)c1. The molecular formula is C13H11N3O2S2. The van der Waals surface area contributed by atoms with Crippen LogP contribution in [0.1, 0.15) is 0 Å². The number of sulfonamides is 1. The van der Waals surface area contributed by atoms with Gasteiger partial charge in [0.25, 0.3) is 10.0 Å². The molecule has 0 aliphatic heterocycles. The molecule has 1 aromatic carbocycles. The maximum Gasteiger partial charge on any atom is 0.271 e. The molecule has 7 heteroatoms. The molecule has 102 valence electrons. The zero-order valence-electron chi connectivity index (χ0n) is 10.3. The molecule has 0 unspecified atom stereocenters. The number of nitrogen functional groups attached to an aromatic ring is 1. The van der Waals surface area contributed by atoms with E-state index < -0.39 is 10.0 Å². The summed E-state index contributed by atoms with van der Waals surface area (Å²) in [4.78, 5) is 4.02. The van der Waals surface area contributed by atoms with Crippen molar-refractivity contribution in [1.82, 2.24) is 4.98 Å². The van der Waals surface area contributed by atoms with Crippen molar-refractivity contribution in [2.24, 2.45) is 0 Å². The lowest BCUT2D eigenvalue weighted by Gasteiger charge is -2.09. The summed E-state index contributed by atoms with van der Waals surface area (Å²) in [5.41, 5.74) is 6.54. The molecule has 0 bridgehead atoms. The van der Waals surface area contributed by atoms with Crippen molar-refractivity contribution in [2.75, 3.05) is 10.5 Å². The van der Waals surface area contributed by atoms with Crippen molar-refractivity contribution in [3.05, 3.63) is 48.1 Å². The highest BCUT2D eigenvalue weighted by Crippen LogP contribution is 2.27. The summed E-state index contributed by atoms with van der Waals surface area (Å²) < 4.78 is 27.4. The largest absolute Gasteiger partial charge is 0.398 e. The van der Waals surface area contributed by atoms with Gasteiger partial charge in [0.15, 0.2) is 0 Å².